The van der Waals surface area contributed by atoms with Gasteiger partial charge in [-0.05, 0) is 55.0 Å². The topological polar surface area (TPSA) is 91.3 Å². The number of unbranched alkanes of at least 4 members (excludes halogenated alkanes) is 1. The van der Waals surface area contributed by atoms with Gasteiger partial charge in [-0.25, -0.2) is 14.2 Å². The van der Waals surface area contributed by atoms with Crippen molar-refractivity contribution in [3.8, 4) is 0 Å². The summed E-state index contributed by atoms with van der Waals surface area (Å²) in [5, 5.41) is 14.6. The molecular weight excluding hydrogens is 345 g/mol. The fraction of sp³-hybridized carbons (Fsp3) is 0.235. The molecular formula is C17H18FN3O3S. The summed E-state index contributed by atoms with van der Waals surface area (Å²) in [5.74, 6) is -0.405. The Hall–Kier alpha value is -2.61. The van der Waals surface area contributed by atoms with Crippen LogP contribution in [0.15, 0.2) is 47.6 Å². The van der Waals surface area contributed by atoms with Crippen molar-refractivity contribution in [3.63, 3.8) is 0 Å². The largest absolute Gasteiger partial charge is 0.481 e. The van der Waals surface area contributed by atoms with Crippen LogP contribution in [0.1, 0.15) is 19.3 Å². The summed E-state index contributed by atoms with van der Waals surface area (Å²) >= 11 is 1.50. The van der Waals surface area contributed by atoms with E-state index in [0.717, 1.165) is 17.2 Å². The second-order valence-electron chi connectivity index (χ2n) is 5.17. The molecule has 2 aromatic rings. The molecule has 0 bridgehead atoms. The Morgan fingerprint density at radius 3 is 2.52 bits per heavy atom. The normalized spacial score (nSPS) is 10.3. The lowest BCUT2D eigenvalue weighted by atomic mass is 10.3. The van der Waals surface area contributed by atoms with Gasteiger partial charge >= 0.3 is 12.0 Å². The van der Waals surface area contributed by atoms with Gasteiger partial charge in [-0.15, -0.1) is 11.8 Å². The molecule has 0 fully saturated rings. The van der Waals surface area contributed by atoms with Gasteiger partial charge in [0, 0.05) is 24.0 Å². The molecule has 1 aromatic carbocycles. The summed E-state index contributed by atoms with van der Waals surface area (Å²) in [5.41, 5.74) is 1.07. The minimum absolute atomic E-state index is 0.166. The predicted molar refractivity (Wildman–Crippen MR) is 95.5 cm³/mol. The van der Waals surface area contributed by atoms with Crippen molar-refractivity contribution in [1.29, 1.82) is 0 Å². The lowest BCUT2D eigenvalue weighted by Gasteiger charge is -2.08. The van der Waals surface area contributed by atoms with Gasteiger partial charge in [0.1, 0.15) is 5.82 Å². The quantitative estimate of drug-likeness (QED) is 0.483. The number of aromatic nitrogens is 1. The molecule has 2 amide bonds. The number of carbonyl (C=O) groups is 2. The number of hydrogen-bond donors (Lipinski definition) is 3. The second-order valence-corrected chi connectivity index (χ2v) is 6.28. The van der Waals surface area contributed by atoms with E-state index >= 15 is 0 Å². The number of anilines is 2. The Labute approximate surface area is 148 Å². The van der Waals surface area contributed by atoms with Crippen LogP contribution >= 0.6 is 11.8 Å². The monoisotopic (exact) mass is 363 g/mol. The fourth-order valence-corrected chi connectivity index (χ4v) is 2.85. The van der Waals surface area contributed by atoms with E-state index in [1.165, 1.54) is 36.0 Å². The molecule has 0 unspecified atom stereocenters. The maximum atomic E-state index is 12.8. The van der Waals surface area contributed by atoms with Crippen LogP contribution in [0.3, 0.4) is 0 Å². The number of carbonyl (C=O) groups excluding carboxylic acids is 1. The van der Waals surface area contributed by atoms with E-state index in [0.29, 0.717) is 17.8 Å². The number of aliphatic carboxylic acids is 1. The van der Waals surface area contributed by atoms with Crippen LogP contribution < -0.4 is 10.6 Å². The molecule has 0 saturated heterocycles. The third-order valence-electron chi connectivity index (χ3n) is 3.13. The number of nitrogens with one attached hydrogen (secondary N) is 2. The van der Waals surface area contributed by atoms with Crippen molar-refractivity contribution >= 4 is 35.1 Å². The second kappa shape index (κ2) is 9.63. The Kier molecular flexibility index (Phi) is 7.21. The molecule has 25 heavy (non-hydrogen) atoms. The van der Waals surface area contributed by atoms with Crippen LogP contribution in [-0.2, 0) is 4.79 Å². The Morgan fingerprint density at radius 1 is 1.08 bits per heavy atom. The third-order valence-corrected chi connectivity index (χ3v) is 4.14. The molecule has 0 radical (unpaired) electrons. The average molecular weight is 363 g/mol. The summed E-state index contributed by atoms with van der Waals surface area (Å²) < 4.78 is 12.8. The van der Waals surface area contributed by atoms with Crippen LogP contribution in [0.2, 0.25) is 0 Å². The Morgan fingerprint density at radius 2 is 1.80 bits per heavy atom. The summed E-state index contributed by atoms with van der Waals surface area (Å²) in [6.07, 6.45) is 3.16. The van der Waals surface area contributed by atoms with Gasteiger partial charge in [-0.3, -0.25) is 4.79 Å². The summed E-state index contributed by atoms with van der Waals surface area (Å²) in [6, 6.07) is 8.45. The number of rotatable bonds is 8. The molecule has 8 heteroatoms. The van der Waals surface area contributed by atoms with Gasteiger partial charge in [0.05, 0.1) is 5.03 Å². The first-order valence-corrected chi connectivity index (χ1v) is 8.66. The predicted octanol–water partition coefficient (Wildman–Crippen LogP) is 4.21. The molecule has 3 N–H and O–H groups in total. The first-order valence-electron chi connectivity index (χ1n) is 7.67. The van der Waals surface area contributed by atoms with E-state index in [-0.39, 0.29) is 12.2 Å². The lowest BCUT2D eigenvalue weighted by Crippen LogP contribution is -2.19. The molecule has 2 rings (SSSR count). The van der Waals surface area contributed by atoms with Crippen molar-refractivity contribution in [2.45, 2.75) is 24.3 Å². The van der Waals surface area contributed by atoms with Crippen molar-refractivity contribution in [2.75, 3.05) is 16.4 Å². The smallest absolute Gasteiger partial charge is 0.323 e. The zero-order valence-electron chi connectivity index (χ0n) is 13.4. The number of carboxylic acids is 1. The molecule has 132 valence electrons. The van der Waals surface area contributed by atoms with Crippen molar-refractivity contribution in [1.82, 2.24) is 4.98 Å². The third kappa shape index (κ3) is 7.21. The molecule has 6 nitrogen and oxygen atoms in total. The van der Waals surface area contributed by atoms with Crippen LogP contribution in [0.25, 0.3) is 0 Å². The SMILES string of the molecule is O=C(O)CCCCSc1cc(NC(=O)Nc2ccc(F)cc2)ccn1. The molecule has 1 aromatic heterocycles. The molecule has 0 atom stereocenters. The van der Waals surface area contributed by atoms with Crippen LogP contribution in [0.4, 0.5) is 20.6 Å². The lowest BCUT2D eigenvalue weighted by molar-refractivity contribution is -0.137. The van der Waals surface area contributed by atoms with E-state index in [2.05, 4.69) is 15.6 Å². The zero-order valence-corrected chi connectivity index (χ0v) is 14.2. The first kappa shape index (κ1) is 18.7. The minimum atomic E-state index is -0.790. The van der Waals surface area contributed by atoms with Crippen LogP contribution in [0.5, 0.6) is 0 Å². The Balaban J connectivity index is 1.80. The van der Waals surface area contributed by atoms with Gasteiger partial charge in [-0.1, -0.05) is 0 Å². The maximum absolute atomic E-state index is 12.8. The van der Waals surface area contributed by atoms with Crippen molar-refractivity contribution in [2.24, 2.45) is 0 Å². The van der Waals surface area contributed by atoms with E-state index in [1.807, 2.05) is 0 Å². The van der Waals surface area contributed by atoms with Gasteiger partial charge in [0.25, 0.3) is 0 Å². The highest BCUT2D eigenvalue weighted by Gasteiger charge is 2.05. The number of carboxylic acid groups (broad SMARTS) is 1. The first-order chi connectivity index (χ1) is 12.0. The highest BCUT2D eigenvalue weighted by atomic mass is 32.2. The number of amides is 2. The van der Waals surface area contributed by atoms with Gasteiger partial charge in [0.2, 0.25) is 0 Å². The van der Waals surface area contributed by atoms with Crippen molar-refractivity contribution < 1.29 is 19.1 Å². The molecule has 0 aliphatic carbocycles. The highest BCUT2D eigenvalue weighted by molar-refractivity contribution is 7.99. The van der Waals surface area contributed by atoms with Crippen molar-refractivity contribution in [3.05, 3.63) is 48.4 Å². The van der Waals surface area contributed by atoms with E-state index in [1.54, 1.807) is 18.3 Å². The van der Waals surface area contributed by atoms with E-state index < -0.39 is 12.0 Å². The van der Waals surface area contributed by atoms with Crippen LogP contribution in [-0.4, -0.2) is 27.8 Å². The number of benzene rings is 1. The van der Waals surface area contributed by atoms with Gasteiger partial charge < -0.3 is 15.7 Å². The van der Waals surface area contributed by atoms with E-state index in [4.69, 9.17) is 5.11 Å². The maximum Gasteiger partial charge on any atom is 0.323 e. The number of halogens is 1. The fourth-order valence-electron chi connectivity index (χ4n) is 1.95. The summed E-state index contributed by atoms with van der Waals surface area (Å²) in [7, 11) is 0. The molecule has 0 spiro atoms. The minimum Gasteiger partial charge on any atom is -0.481 e. The van der Waals surface area contributed by atoms with Gasteiger partial charge in [0.15, 0.2) is 0 Å². The summed E-state index contributed by atoms with van der Waals surface area (Å²) in [6.45, 7) is 0. The molecule has 0 saturated carbocycles. The van der Waals surface area contributed by atoms with E-state index in [9.17, 15) is 14.0 Å². The number of nitrogens with zero attached hydrogens (tertiary/aromatic N) is 1. The highest BCUT2D eigenvalue weighted by Crippen LogP contribution is 2.20. The Bertz CT molecular complexity index is 725. The number of hydrogen-bond acceptors (Lipinski definition) is 4. The standard InChI is InChI=1S/C17H18FN3O3S/c18-12-4-6-13(7-5-12)20-17(24)21-14-8-9-19-15(11-14)25-10-2-1-3-16(22)23/h4-9,11H,1-3,10H2,(H,22,23)(H2,19,20,21,24). The zero-order chi connectivity index (χ0) is 18.1. The summed E-state index contributed by atoms with van der Waals surface area (Å²) in [4.78, 5) is 26.6. The van der Waals surface area contributed by atoms with Gasteiger partial charge in [-0.2, -0.15) is 0 Å². The number of pyridine rings is 1. The number of urea groups is 1. The molecule has 0 aliphatic heterocycles. The average Bonchev–Trinajstić information content (AvgIpc) is 2.57. The van der Waals surface area contributed by atoms with Crippen LogP contribution in [0, 0.1) is 5.82 Å². The molecule has 1 heterocycles. The number of thioether (sulfide) groups is 1. The molecule has 0 aliphatic rings.